The number of nitrogens with zero attached hydrogens (tertiary/aromatic N) is 2. The first-order valence-electron chi connectivity index (χ1n) is 15.4. The van der Waals surface area contributed by atoms with Crippen molar-refractivity contribution in [3.05, 3.63) is 47.2 Å². The molecule has 1 saturated heterocycles. The summed E-state index contributed by atoms with van der Waals surface area (Å²) in [6.07, 6.45) is -0.713. The average Bonchev–Trinajstić information content (AvgIpc) is 3.24. The van der Waals surface area contributed by atoms with Crippen molar-refractivity contribution in [3.8, 4) is 0 Å². The van der Waals surface area contributed by atoms with Gasteiger partial charge in [-0.15, -0.1) is 0 Å². The summed E-state index contributed by atoms with van der Waals surface area (Å²) in [5.74, 6) is -0.299. The Hall–Kier alpha value is -3.21. The predicted octanol–water partition coefficient (Wildman–Crippen LogP) is 6.49. The molecule has 1 aromatic rings. The molecule has 0 bridgehead atoms. The van der Waals surface area contributed by atoms with Gasteiger partial charge < -0.3 is 16.0 Å². The van der Waals surface area contributed by atoms with E-state index in [1.54, 1.807) is 12.1 Å². The number of alkyl halides is 3. The Balaban J connectivity index is 1.99. The number of amides is 2. The van der Waals surface area contributed by atoms with E-state index in [-0.39, 0.29) is 60.1 Å². The molecule has 4 atom stereocenters. The van der Waals surface area contributed by atoms with Crippen LogP contribution in [0.25, 0.3) is 0 Å². The predicted molar refractivity (Wildman–Crippen MR) is 168 cm³/mol. The average molecular weight is 619 g/mol. The molecule has 244 valence electrons. The van der Waals surface area contributed by atoms with E-state index in [4.69, 9.17) is 11.1 Å². The number of hydrogen-bond acceptors (Lipinski definition) is 5. The summed E-state index contributed by atoms with van der Waals surface area (Å²) in [6, 6.07) is 6.04. The van der Waals surface area contributed by atoms with Crippen LogP contribution in [0, 0.1) is 22.2 Å². The van der Waals surface area contributed by atoms with Crippen LogP contribution < -0.4 is 16.4 Å². The topological polar surface area (TPSA) is 124 Å². The molecule has 0 spiro atoms. The fourth-order valence-electron chi connectivity index (χ4n) is 5.50. The van der Waals surface area contributed by atoms with E-state index in [9.17, 15) is 22.8 Å². The number of carbonyl (C=O) groups is 2. The first-order chi connectivity index (χ1) is 20.3. The van der Waals surface area contributed by atoms with E-state index in [0.29, 0.717) is 29.9 Å². The lowest BCUT2D eigenvalue weighted by molar-refractivity contribution is -0.132. The highest BCUT2D eigenvalue weighted by atomic mass is 19.4. The Bertz CT molecular complexity index is 1260. The summed E-state index contributed by atoms with van der Waals surface area (Å²) >= 11 is 0. The van der Waals surface area contributed by atoms with Crippen molar-refractivity contribution in [3.63, 3.8) is 0 Å². The van der Waals surface area contributed by atoms with Crippen LogP contribution in [-0.4, -0.2) is 53.2 Å². The molecule has 0 aliphatic carbocycles. The molecule has 0 saturated carbocycles. The molecular weight excluding hydrogens is 569 g/mol. The lowest BCUT2D eigenvalue weighted by Crippen LogP contribution is -2.41. The van der Waals surface area contributed by atoms with E-state index in [1.807, 2.05) is 17.0 Å². The van der Waals surface area contributed by atoms with Gasteiger partial charge in [-0.25, -0.2) is 0 Å². The van der Waals surface area contributed by atoms with E-state index < -0.39 is 17.9 Å². The normalized spacial score (nSPS) is 21.0. The third kappa shape index (κ3) is 9.39. The monoisotopic (exact) mass is 618 g/mol. The molecule has 8 nitrogen and oxygen atoms in total. The van der Waals surface area contributed by atoms with Crippen molar-refractivity contribution in [1.82, 2.24) is 15.5 Å². The van der Waals surface area contributed by atoms with Crippen molar-refractivity contribution in [2.45, 2.75) is 111 Å². The maximum atomic E-state index is 14.3. The molecule has 0 radical (unpaired) electrons. The molecule has 44 heavy (non-hydrogen) atoms. The Morgan fingerprint density at radius 2 is 1.75 bits per heavy atom. The highest BCUT2D eigenvalue weighted by Crippen LogP contribution is 2.39. The van der Waals surface area contributed by atoms with Gasteiger partial charge in [0, 0.05) is 11.8 Å². The fraction of sp³-hybridized carbons (Fsp3) is 0.636. The van der Waals surface area contributed by atoms with Crippen molar-refractivity contribution in [2.24, 2.45) is 27.5 Å². The minimum atomic E-state index is -4.49. The number of rotatable bonds is 11. The van der Waals surface area contributed by atoms with Gasteiger partial charge in [0.15, 0.2) is 0 Å². The molecule has 4 unspecified atom stereocenters. The fourth-order valence-corrected chi connectivity index (χ4v) is 5.50. The lowest BCUT2D eigenvalue weighted by atomic mass is 9.79. The van der Waals surface area contributed by atoms with Crippen LogP contribution in [0.3, 0.4) is 0 Å². The SMILES string of the molecule is CC(CCC1NC(C2=CN=C(C(F)(F)F)CC2)C(=O)N1C(CCC(C)(C)C)c1ccc(C(=O)NCC(=N)N)cc1)C(C)(C)C. The number of nitrogens with two attached hydrogens (primary N) is 1. The molecular formula is C33H49F3N6O2. The zero-order valence-corrected chi connectivity index (χ0v) is 27.1. The van der Waals surface area contributed by atoms with E-state index >= 15 is 0 Å². The molecule has 1 fully saturated rings. The highest BCUT2D eigenvalue weighted by Gasteiger charge is 2.46. The van der Waals surface area contributed by atoms with Crippen LogP contribution in [0.15, 0.2) is 41.0 Å². The highest BCUT2D eigenvalue weighted by molar-refractivity contribution is 5.96. The van der Waals surface area contributed by atoms with Crippen LogP contribution >= 0.6 is 0 Å². The number of carbonyl (C=O) groups excluding carboxylic acids is 2. The van der Waals surface area contributed by atoms with Crippen LogP contribution in [0.1, 0.15) is 109 Å². The van der Waals surface area contributed by atoms with Gasteiger partial charge in [0.25, 0.3) is 5.91 Å². The summed E-state index contributed by atoms with van der Waals surface area (Å²) in [7, 11) is 0. The van der Waals surface area contributed by atoms with Gasteiger partial charge in [-0.1, -0.05) is 60.6 Å². The first kappa shape index (κ1) is 35.3. The third-order valence-corrected chi connectivity index (χ3v) is 8.78. The van der Waals surface area contributed by atoms with Crippen molar-refractivity contribution in [2.75, 3.05) is 6.54 Å². The molecule has 2 amide bonds. The second-order valence-electron chi connectivity index (χ2n) is 14.4. The molecule has 3 rings (SSSR count). The van der Waals surface area contributed by atoms with Crippen LogP contribution in [-0.2, 0) is 4.79 Å². The van der Waals surface area contributed by atoms with Crippen LogP contribution in [0.5, 0.6) is 0 Å². The van der Waals surface area contributed by atoms with E-state index in [2.05, 4.69) is 64.1 Å². The minimum absolute atomic E-state index is 0.00871. The Labute approximate surface area is 259 Å². The summed E-state index contributed by atoms with van der Waals surface area (Å²) in [5, 5.41) is 13.4. The van der Waals surface area contributed by atoms with E-state index in [0.717, 1.165) is 18.4 Å². The number of hydrogen-bond donors (Lipinski definition) is 4. The van der Waals surface area contributed by atoms with Gasteiger partial charge in [-0.3, -0.25) is 25.3 Å². The zero-order valence-electron chi connectivity index (χ0n) is 27.1. The van der Waals surface area contributed by atoms with Gasteiger partial charge in [0.1, 0.15) is 17.6 Å². The number of halogens is 3. The number of aliphatic imine (C=N–C) groups is 1. The standard InChI is InChI=1S/C33H49F3N6O2/c1-20(32(5,6)7)8-15-27-41-28(23-13-14-25(39-18-23)33(34,35)36)30(44)42(27)24(16-17-31(2,3)4)21-9-11-22(12-10-21)29(43)40-19-26(37)38/h9-12,18,20,24,27-28,41H,8,13-17,19H2,1-7H3,(H3,37,38)(H,40,43). The Kier molecular flexibility index (Phi) is 11.1. The van der Waals surface area contributed by atoms with Gasteiger partial charge in [-0.2, -0.15) is 13.2 Å². The quantitative estimate of drug-likeness (QED) is 0.167. The minimum Gasteiger partial charge on any atom is -0.386 e. The Morgan fingerprint density at radius 1 is 1.11 bits per heavy atom. The molecule has 2 heterocycles. The summed E-state index contributed by atoms with van der Waals surface area (Å²) < 4.78 is 39.8. The molecule has 1 aromatic carbocycles. The van der Waals surface area contributed by atoms with Gasteiger partial charge in [0.05, 0.1) is 18.8 Å². The maximum Gasteiger partial charge on any atom is 0.429 e. The van der Waals surface area contributed by atoms with Gasteiger partial charge in [-0.05, 0) is 78.5 Å². The summed E-state index contributed by atoms with van der Waals surface area (Å²) in [4.78, 5) is 32.4. The summed E-state index contributed by atoms with van der Waals surface area (Å²) in [6.45, 7) is 15.1. The zero-order chi connectivity index (χ0) is 33.0. The Morgan fingerprint density at radius 3 is 2.25 bits per heavy atom. The second-order valence-corrected chi connectivity index (χ2v) is 14.4. The van der Waals surface area contributed by atoms with Crippen LogP contribution in [0.4, 0.5) is 13.2 Å². The van der Waals surface area contributed by atoms with Crippen LogP contribution in [0.2, 0.25) is 0 Å². The maximum absolute atomic E-state index is 14.3. The molecule has 2 aliphatic heterocycles. The molecule has 5 N–H and O–H groups in total. The molecule has 2 aliphatic rings. The second kappa shape index (κ2) is 13.8. The lowest BCUT2D eigenvalue weighted by Gasteiger charge is -2.36. The first-order valence-corrected chi connectivity index (χ1v) is 15.4. The number of benzene rings is 1. The van der Waals surface area contributed by atoms with E-state index in [1.165, 1.54) is 6.20 Å². The summed E-state index contributed by atoms with van der Waals surface area (Å²) in [5.41, 5.74) is 6.46. The number of nitrogens with one attached hydrogen (secondary N) is 3. The van der Waals surface area contributed by atoms with Gasteiger partial charge >= 0.3 is 6.18 Å². The van der Waals surface area contributed by atoms with Crippen molar-refractivity contribution in [1.29, 1.82) is 5.41 Å². The van der Waals surface area contributed by atoms with Gasteiger partial charge in [0.2, 0.25) is 5.91 Å². The molecule has 0 aromatic heterocycles. The number of amidine groups is 1. The largest absolute Gasteiger partial charge is 0.429 e. The third-order valence-electron chi connectivity index (χ3n) is 8.78. The molecule has 11 heteroatoms. The smallest absolute Gasteiger partial charge is 0.386 e. The van der Waals surface area contributed by atoms with Crippen molar-refractivity contribution < 1.29 is 22.8 Å². The van der Waals surface area contributed by atoms with Crippen molar-refractivity contribution >= 4 is 23.4 Å².